The van der Waals surface area contributed by atoms with Gasteiger partial charge in [-0.25, -0.2) is 0 Å². The van der Waals surface area contributed by atoms with E-state index < -0.39 is 0 Å². The lowest BCUT2D eigenvalue weighted by atomic mass is 10.1. The van der Waals surface area contributed by atoms with Gasteiger partial charge in [-0.1, -0.05) is 11.6 Å². The number of carbonyl (C=O) groups excluding carboxylic acids is 1. The molecule has 0 aliphatic rings. The van der Waals surface area contributed by atoms with Gasteiger partial charge < -0.3 is 9.15 Å². The van der Waals surface area contributed by atoms with Crippen LogP contribution in [0.25, 0.3) is 0 Å². The van der Waals surface area contributed by atoms with Crippen LogP contribution in [0.4, 0.5) is 0 Å². The minimum Gasteiger partial charge on any atom is -0.496 e. The standard InChI is InChI=1S/C13H11ClO3/c1-16-13-5-2-10(14)6-9(13)7-11-3-4-12(8-15)17-11/h2-6,8H,7H2,1H3. The Hall–Kier alpha value is -1.74. The molecule has 0 amide bonds. The maximum absolute atomic E-state index is 10.5. The number of aldehydes is 1. The second-order valence-corrected chi connectivity index (χ2v) is 3.99. The van der Waals surface area contributed by atoms with Crippen LogP contribution >= 0.6 is 11.6 Å². The number of rotatable bonds is 4. The molecule has 4 heteroatoms. The fraction of sp³-hybridized carbons (Fsp3) is 0.154. The molecule has 0 N–H and O–H groups in total. The van der Waals surface area contributed by atoms with Crippen LogP contribution < -0.4 is 4.74 Å². The first-order chi connectivity index (χ1) is 8.22. The van der Waals surface area contributed by atoms with Gasteiger partial charge in [0, 0.05) is 17.0 Å². The van der Waals surface area contributed by atoms with Crippen LogP contribution in [0.3, 0.4) is 0 Å². The summed E-state index contributed by atoms with van der Waals surface area (Å²) in [5.74, 6) is 1.77. The lowest BCUT2D eigenvalue weighted by molar-refractivity contribution is 0.109. The average molecular weight is 251 g/mol. The van der Waals surface area contributed by atoms with Crippen molar-refractivity contribution >= 4 is 17.9 Å². The molecule has 0 atom stereocenters. The molecule has 0 bridgehead atoms. The first kappa shape index (κ1) is 11.7. The summed E-state index contributed by atoms with van der Waals surface area (Å²) in [4.78, 5) is 10.5. The third kappa shape index (κ3) is 2.68. The van der Waals surface area contributed by atoms with E-state index in [-0.39, 0.29) is 0 Å². The van der Waals surface area contributed by atoms with Gasteiger partial charge in [0.2, 0.25) is 0 Å². The third-order valence-corrected chi connectivity index (χ3v) is 2.64. The molecule has 0 aliphatic heterocycles. The van der Waals surface area contributed by atoms with Crippen molar-refractivity contribution in [2.24, 2.45) is 0 Å². The molecule has 0 radical (unpaired) electrons. The van der Waals surface area contributed by atoms with E-state index in [4.69, 9.17) is 20.8 Å². The van der Waals surface area contributed by atoms with Gasteiger partial charge in [-0.15, -0.1) is 0 Å². The average Bonchev–Trinajstić information content (AvgIpc) is 2.77. The highest BCUT2D eigenvalue weighted by Crippen LogP contribution is 2.25. The molecule has 0 aliphatic carbocycles. The zero-order chi connectivity index (χ0) is 12.3. The molecule has 0 saturated carbocycles. The zero-order valence-corrected chi connectivity index (χ0v) is 10.0. The molecular weight excluding hydrogens is 240 g/mol. The number of hydrogen-bond donors (Lipinski definition) is 0. The number of hydrogen-bond acceptors (Lipinski definition) is 3. The molecule has 1 heterocycles. The second kappa shape index (κ2) is 5.06. The maximum Gasteiger partial charge on any atom is 0.185 e. The van der Waals surface area contributed by atoms with Crippen molar-refractivity contribution in [2.45, 2.75) is 6.42 Å². The van der Waals surface area contributed by atoms with Gasteiger partial charge in [0.05, 0.1) is 7.11 Å². The molecule has 0 spiro atoms. The summed E-state index contributed by atoms with van der Waals surface area (Å²) in [6, 6.07) is 8.80. The molecule has 2 aromatic rings. The topological polar surface area (TPSA) is 39.4 Å². The van der Waals surface area contributed by atoms with Gasteiger partial charge in [0.15, 0.2) is 12.0 Å². The summed E-state index contributed by atoms with van der Waals surface area (Å²) >= 11 is 5.93. The van der Waals surface area contributed by atoms with Gasteiger partial charge >= 0.3 is 0 Å². The van der Waals surface area contributed by atoms with Gasteiger partial charge in [-0.05, 0) is 30.3 Å². The van der Waals surface area contributed by atoms with Gasteiger partial charge in [0.1, 0.15) is 11.5 Å². The highest BCUT2D eigenvalue weighted by Gasteiger charge is 2.08. The predicted octanol–water partition coefficient (Wildman–Crippen LogP) is 3.34. The number of ether oxygens (including phenoxy) is 1. The number of benzene rings is 1. The van der Waals surface area contributed by atoms with Crippen molar-refractivity contribution in [3.63, 3.8) is 0 Å². The maximum atomic E-state index is 10.5. The number of carbonyl (C=O) groups is 1. The van der Waals surface area contributed by atoms with Gasteiger partial charge in [-0.2, -0.15) is 0 Å². The predicted molar refractivity (Wildman–Crippen MR) is 64.9 cm³/mol. The van der Waals surface area contributed by atoms with Crippen LogP contribution in [0.5, 0.6) is 5.75 Å². The van der Waals surface area contributed by atoms with Crippen molar-refractivity contribution < 1.29 is 13.9 Å². The fourth-order valence-corrected chi connectivity index (χ4v) is 1.82. The Balaban J connectivity index is 2.28. The molecule has 1 aromatic carbocycles. The Labute approximate surface area is 104 Å². The number of halogens is 1. The molecule has 88 valence electrons. The normalized spacial score (nSPS) is 10.2. The lowest BCUT2D eigenvalue weighted by Gasteiger charge is -2.07. The van der Waals surface area contributed by atoms with E-state index in [1.54, 1.807) is 31.4 Å². The summed E-state index contributed by atoms with van der Waals surface area (Å²) in [6.45, 7) is 0. The van der Waals surface area contributed by atoms with Crippen LogP contribution in [-0.2, 0) is 6.42 Å². The van der Waals surface area contributed by atoms with Crippen LogP contribution in [0.15, 0.2) is 34.7 Å². The van der Waals surface area contributed by atoms with Crippen molar-refractivity contribution in [3.8, 4) is 5.75 Å². The second-order valence-electron chi connectivity index (χ2n) is 3.55. The summed E-state index contributed by atoms with van der Waals surface area (Å²) in [5.41, 5.74) is 0.923. The van der Waals surface area contributed by atoms with Crippen LogP contribution in [-0.4, -0.2) is 13.4 Å². The van der Waals surface area contributed by atoms with Crippen molar-refractivity contribution in [1.82, 2.24) is 0 Å². The summed E-state index contributed by atoms with van der Waals surface area (Å²) in [6.07, 6.45) is 1.22. The molecule has 17 heavy (non-hydrogen) atoms. The first-order valence-electron chi connectivity index (χ1n) is 5.09. The minimum absolute atomic E-state index is 0.320. The van der Waals surface area contributed by atoms with Gasteiger partial charge in [0.25, 0.3) is 0 Å². The van der Waals surface area contributed by atoms with E-state index in [0.717, 1.165) is 11.3 Å². The van der Waals surface area contributed by atoms with E-state index in [2.05, 4.69) is 0 Å². The quantitative estimate of drug-likeness (QED) is 0.782. The SMILES string of the molecule is COc1ccc(Cl)cc1Cc1ccc(C=O)o1. The van der Waals surface area contributed by atoms with E-state index in [1.165, 1.54) is 0 Å². The number of furan rings is 1. The summed E-state index contributed by atoms with van der Waals surface area (Å²) in [7, 11) is 1.60. The van der Waals surface area contributed by atoms with E-state index in [0.29, 0.717) is 29.3 Å². The van der Waals surface area contributed by atoms with Crippen LogP contribution in [0.1, 0.15) is 21.9 Å². The Morgan fingerprint density at radius 3 is 2.82 bits per heavy atom. The van der Waals surface area contributed by atoms with Crippen molar-refractivity contribution in [1.29, 1.82) is 0 Å². The molecule has 1 aromatic heterocycles. The largest absolute Gasteiger partial charge is 0.496 e. The molecule has 0 saturated heterocycles. The number of methoxy groups -OCH3 is 1. The highest BCUT2D eigenvalue weighted by atomic mass is 35.5. The Morgan fingerprint density at radius 2 is 2.18 bits per heavy atom. The van der Waals surface area contributed by atoms with Crippen LogP contribution in [0, 0.1) is 0 Å². The molecule has 0 fully saturated rings. The Bertz CT molecular complexity index is 531. The van der Waals surface area contributed by atoms with E-state index in [9.17, 15) is 4.79 Å². The lowest BCUT2D eigenvalue weighted by Crippen LogP contribution is -1.92. The molecular formula is C13H11ClO3. The first-order valence-corrected chi connectivity index (χ1v) is 5.47. The van der Waals surface area contributed by atoms with Crippen LogP contribution in [0.2, 0.25) is 5.02 Å². The third-order valence-electron chi connectivity index (χ3n) is 2.41. The summed E-state index contributed by atoms with van der Waals surface area (Å²) in [5, 5.41) is 0.642. The minimum atomic E-state index is 0.320. The smallest absolute Gasteiger partial charge is 0.185 e. The van der Waals surface area contributed by atoms with Crippen molar-refractivity contribution in [2.75, 3.05) is 7.11 Å². The van der Waals surface area contributed by atoms with E-state index in [1.807, 2.05) is 6.07 Å². The molecule has 0 unspecified atom stereocenters. The van der Waals surface area contributed by atoms with Gasteiger partial charge in [-0.3, -0.25) is 4.79 Å². The Morgan fingerprint density at radius 1 is 1.35 bits per heavy atom. The Kier molecular flexibility index (Phi) is 3.49. The fourth-order valence-electron chi connectivity index (χ4n) is 1.63. The zero-order valence-electron chi connectivity index (χ0n) is 9.27. The summed E-state index contributed by atoms with van der Waals surface area (Å²) < 4.78 is 10.5. The highest BCUT2D eigenvalue weighted by molar-refractivity contribution is 6.30. The molecule has 3 nitrogen and oxygen atoms in total. The van der Waals surface area contributed by atoms with Crippen molar-refractivity contribution in [3.05, 3.63) is 52.4 Å². The van der Waals surface area contributed by atoms with E-state index >= 15 is 0 Å². The molecule has 2 rings (SSSR count). The monoisotopic (exact) mass is 250 g/mol.